The Bertz CT molecular complexity index is 815. The lowest BCUT2D eigenvalue weighted by atomic mass is 9.90. The molecule has 1 fully saturated rings. The van der Waals surface area contributed by atoms with Crippen LogP contribution in [0.4, 0.5) is 5.13 Å². The van der Waals surface area contributed by atoms with Crippen molar-refractivity contribution >= 4 is 28.3 Å². The van der Waals surface area contributed by atoms with Crippen LogP contribution in [-0.4, -0.2) is 36.1 Å². The largest absolute Gasteiger partial charge is 0.376 e. The van der Waals surface area contributed by atoms with Crippen molar-refractivity contribution < 1.29 is 14.3 Å². The van der Waals surface area contributed by atoms with Gasteiger partial charge in [0.25, 0.3) is 5.91 Å². The second-order valence-electron chi connectivity index (χ2n) is 6.97. The highest BCUT2D eigenvalue weighted by Crippen LogP contribution is 2.37. The van der Waals surface area contributed by atoms with Gasteiger partial charge in [0.15, 0.2) is 5.13 Å². The Morgan fingerprint density at radius 3 is 2.81 bits per heavy atom. The molecule has 2 heterocycles. The summed E-state index contributed by atoms with van der Waals surface area (Å²) in [5.74, 6) is -0.410. The molecule has 142 valence electrons. The molecule has 2 N–H and O–H groups in total. The summed E-state index contributed by atoms with van der Waals surface area (Å²) in [6.45, 7) is 1.34. The average molecular weight is 385 g/mol. The van der Waals surface area contributed by atoms with Crippen LogP contribution in [0, 0.1) is 0 Å². The molecule has 0 radical (unpaired) electrons. The van der Waals surface area contributed by atoms with Crippen LogP contribution in [0.25, 0.3) is 0 Å². The molecule has 1 aromatic carbocycles. The fraction of sp³-hybridized carbons (Fsp3) is 0.450. The Labute approximate surface area is 162 Å². The first kappa shape index (κ1) is 18.1. The minimum atomic E-state index is -0.242. The van der Waals surface area contributed by atoms with Gasteiger partial charge in [0.2, 0.25) is 5.91 Å². The van der Waals surface area contributed by atoms with Gasteiger partial charge in [-0.05, 0) is 44.2 Å². The van der Waals surface area contributed by atoms with E-state index in [1.54, 1.807) is 12.1 Å². The zero-order valence-electron chi connectivity index (χ0n) is 15.1. The third-order valence-corrected chi connectivity index (χ3v) is 6.10. The molecule has 0 saturated carbocycles. The zero-order chi connectivity index (χ0) is 18.6. The smallest absolute Gasteiger partial charge is 0.257 e. The van der Waals surface area contributed by atoms with Gasteiger partial charge in [-0.15, -0.1) is 11.3 Å². The van der Waals surface area contributed by atoms with Crippen molar-refractivity contribution in [2.45, 2.75) is 44.1 Å². The van der Waals surface area contributed by atoms with Crippen molar-refractivity contribution in [2.24, 2.45) is 0 Å². The first-order valence-electron chi connectivity index (χ1n) is 9.46. The summed E-state index contributed by atoms with van der Waals surface area (Å²) in [7, 11) is 0. The molecule has 27 heavy (non-hydrogen) atoms. The quantitative estimate of drug-likeness (QED) is 0.829. The number of hydrogen-bond acceptors (Lipinski definition) is 5. The first-order valence-corrected chi connectivity index (χ1v) is 10.3. The van der Waals surface area contributed by atoms with Crippen molar-refractivity contribution in [3.8, 4) is 0 Å². The Hall–Kier alpha value is -2.25. The van der Waals surface area contributed by atoms with E-state index < -0.39 is 0 Å². The van der Waals surface area contributed by atoms with Crippen molar-refractivity contribution in [3.05, 3.63) is 46.5 Å². The highest BCUT2D eigenvalue weighted by Gasteiger charge is 2.31. The highest BCUT2D eigenvalue weighted by molar-refractivity contribution is 7.15. The van der Waals surface area contributed by atoms with Crippen LogP contribution in [-0.2, 0) is 16.0 Å². The lowest BCUT2D eigenvalue weighted by Crippen LogP contribution is -2.36. The van der Waals surface area contributed by atoms with Crippen LogP contribution in [0.1, 0.15) is 52.5 Å². The van der Waals surface area contributed by atoms with E-state index in [2.05, 4.69) is 15.6 Å². The molecule has 0 bridgehead atoms. The summed E-state index contributed by atoms with van der Waals surface area (Å²) in [6, 6.07) is 9.07. The summed E-state index contributed by atoms with van der Waals surface area (Å²) in [4.78, 5) is 30.7. The van der Waals surface area contributed by atoms with Crippen LogP contribution < -0.4 is 10.6 Å². The second kappa shape index (κ2) is 8.19. The summed E-state index contributed by atoms with van der Waals surface area (Å²) >= 11 is 1.48. The molecule has 1 aromatic heterocycles. The van der Waals surface area contributed by atoms with Crippen molar-refractivity contribution in [2.75, 3.05) is 18.5 Å². The van der Waals surface area contributed by atoms with Crippen molar-refractivity contribution in [1.82, 2.24) is 10.3 Å². The third-order valence-electron chi connectivity index (χ3n) is 5.06. The molecule has 2 aromatic rings. The summed E-state index contributed by atoms with van der Waals surface area (Å²) < 4.78 is 5.57. The number of carbonyl (C=O) groups excluding carboxylic acids is 2. The number of rotatable bonds is 5. The van der Waals surface area contributed by atoms with E-state index in [0.29, 0.717) is 17.2 Å². The number of fused-ring (bicyclic) bond motifs is 1. The average Bonchev–Trinajstić information content (AvgIpc) is 3.35. The number of hydrogen-bond donors (Lipinski definition) is 2. The van der Waals surface area contributed by atoms with E-state index in [-0.39, 0.29) is 23.8 Å². The van der Waals surface area contributed by atoms with Gasteiger partial charge in [-0.1, -0.05) is 18.2 Å². The number of anilines is 1. The number of nitrogens with zero attached hydrogens (tertiary/aromatic N) is 1. The van der Waals surface area contributed by atoms with Gasteiger partial charge in [0, 0.05) is 23.6 Å². The molecule has 1 saturated heterocycles. The predicted molar refractivity (Wildman–Crippen MR) is 104 cm³/mol. The molecule has 2 unspecified atom stereocenters. The van der Waals surface area contributed by atoms with Gasteiger partial charge in [-0.3, -0.25) is 14.9 Å². The Kier molecular flexibility index (Phi) is 5.50. The minimum Gasteiger partial charge on any atom is -0.376 e. The van der Waals surface area contributed by atoms with Crippen LogP contribution in [0.15, 0.2) is 30.3 Å². The van der Waals surface area contributed by atoms with Gasteiger partial charge in [0.05, 0.1) is 17.7 Å². The summed E-state index contributed by atoms with van der Waals surface area (Å²) in [5, 5.41) is 6.46. The number of ether oxygens (including phenoxy) is 1. The van der Waals surface area contributed by atoms with Gasteiger partial charge in [0.1, 0.15) is 0 Å². The number of nitrogens with one attached hydrogen (secondary N) is 2. The summed E-state index contributed by atoms with van der Waals surface area (Å²) in [5.41, 5.74) is 1.41. The van der Waals surface area contributed by atoms with Gasteiger partial charge >= 0.3 is 0 Å². The third kappa shape index (κ3) is 4.20. The second-order valence-corrected chi connectivity index (χ2v) is 8.06. The maximum Gasteiger partial charge on any atom is 0.257 e. The Morgan fingerprint density at radius 2 is 2.04 bits per heavy atom. The van der Waals surface area contributed by atoms with Gasteiger partial charge in [-0.25, -0.2) is 4.98 Å². The van der Waals surface area contributed by atoms with Gasteiger partial charge in [-0.2, -0.15) is 0 Å². The molecule has 2 aliphatic rings. The normalized spacial score (nSPS) is 21.5. The van der Waals surface area contributed by atoms with Crippen LogP contribution in [0.3, 0.4) is 0 Å². The van der Waals surface area contributed by atoms with Crippen LogP contribution in [0.5, 0.6) is 0 Å². The molecule has 1 aliphatic carbocycles. The van der Waals surface area contributed by atoms with Crippen molar-refractivity contribution in [1.29, 1.82) is 0 Å². The number of benzene rings is 1. The molecule has 6 nitrogen and oxygen atoms in total. The SMILES string of the molecule is O=C(Nc1nc2c(s1)CCCC2C(=O)NCC1CCCO1)c1ccccc1. The fourth-order valence-electron chi connectivity index (χ4n) is 3.63. The van der Waals surface area contributed by atoms with E-state index in [1.807, 2.05) is 18.2 Å². The van der Waals surface area contributed by atoms with E-state index in [4.69, 9.17) is 4.74 Å². The predicted octanol–water partition coefficient (Wildman–Crippen LogP) is 3.11. The standard InChI is InChI=1S/C20H23N3O3S/c24-18(13-6-2-1-3-7-13)23-20-22-17-15(9-4-10-16(17)27-20)19(25)21-12-14-8-5-11-26-14/h1-3,6-7,14-15H,4-5,8-12H2,(H,21,25)(H,22,23,24). The van der Waals surface area contributed by atoms with E-state index in [1.165, 1.54) is 11.3 Å². The molecular weight excluding hydrogens is 362 g/mol. The van der Waals surface area contributed by atoms with E-state index in [0.717, 1.165) is 49.3 Å². The Balaban J connectivity index is 1.43. The molecule has 7 heteroatoms. The molecule has 2 amide bonds. The lowest BCUT2D eigenvalue weighted by Gasteiger charge is -2.21. The van der Waals surface area contributed by atoms with Crippen LogP contribution in [0.2, 0.25) is 0 Å². The molecule has 1 aliphatic heterocycles. The zero-order valence-corrected chi connectivity index (χ0v) is 15.9. The number of thiazole rings is 1. The molecule has 0 spiro atoms. The maximum atomic E-state index is 12.7. The highest BCUT2D eigenvalue weighted by atomic mass is 32.1. The number of aryl methyl sites for hydroxylation is 1. The lowest BCUT2D eigenvalue weighted by molar-refractivity contribution is -0.123. The number of amides is 2. The van der Waals surface area contributed by atoms with Gasteiger partial charge < -0.3 is 10.1 Å². The summed E-state index contributed by atoms with van der Waals surface area (Å²) in [6.07, 6.45) is 4.85. The van der Waals surface area contributed by atoms with Crippen molar-refractivity contribution in [3.63, 3.8) is 0 Å². The molecule has 2 atom stereocenters. The molecule has 4 rings (SSSR count). The maximum absolute atomic E-state index is 12.7. The Morgan fingerprint density at radius 1 is 1.19 bits per heavy atom. The first-order chi connectivity index (χ1) is 13.2. The van der Waals surface area contributed by atoms with E-state index in [9.17, 15) is 9.59 Å². The monoisotopic (exact) mass is 385 g/mol. The van der Waals surface area contributed by atoms with E-state index >= 15 is 0 Å². The number of carbonyl (C=O) groups is 2. The topological polar surface area (TPSA) is 80.3 Å². The fourth-order valence-corrected chi connectivity index (χ4v) is 4.69. The minimum absolute atomic E-state index is 0.0117. The van der Waals surface area contributed by atoms with Crippen LogP contribution >= 0.6 is 11.3 Å². The molecular formula is C20H23N3O3S. The number of aromatic nitrogens is 1.